The molecule has 82 valence electrons. The Hall–Kier alpha value is -2.03. The van der Waals surface area contributed by atoms with Gasteiger partial charge in [-0.25, -0.2) is 0 Å². The van der Waals surface area contributed by atoms with E-state index in [1.165, 1.54) is 0 Å². The number of nitrogen functional groups attached to an aromatic ring is 1. The van der Waals surface area contributed by atoms with Crippen molar-refractivity contribution in [3.8, 4) is 0 Å². The molecule has 0 fully saturated rings. The average Bonchev–Trinajstić information content (AvgIpc) is 2.76. The van der Waals surface area contributed by atoms with Gasteiger partial charge >= 0.3 is 0 Å². The van der Waals surface area contributed by atoms with Gasteiger partial charge in [0.15, 0.2) is 5.76 Å². The van der Waals surface area contributed by atoms with Gasteiger partial charge in [0.2, 0.25) is 5.78 Å². The highest BCUT2D eigenvalue weighted by atomic mass is 16.3. The lowest BCUT2D eigenvalue weighted by Gasteiger charge is -1.99. The van der Waals surface area contributed by atoms with Crippen LogP contribution in [0.1, 0.15) is 28.8 Å². The SMILES string of the molecule is CCc1ccc(C(=O)c2cccc(N)c2)o1. The minimum absolute atomic E-state index is 0.132. The number of hydrogen-bond acceptors (Lipinski definition) is 3. The number of benzene rings is 1. The Kier molecular flexibility index (Phi) is 2.77. The second kappa shape index (κ2) is 4.23. The van der Waals surface area contributed by atoms with Crippen molar-refractivity contribution >= 4 is 11.5 Å². The van der Waals surface area contributed by atoms with Gasteiger partial charge in [-0.15, -0.1) is 0 Å². The van der Waals surface area contributed by atoms with Crippen LogP contribution in [0.5, 0.6) is 0 Å². The van der Waals surface area contributed by atoms with Crippen LogP contribution in [0.4, 0.5) is 5.69 Å². The highest BCUT2D eigenvalue weighted by molar-refractivity contribution is 6.07. The van der Waals surface area contributed by atoms with E-state index in [2.05, 4.69) is 0 Å². The van der Waals surface area contributed by atoms with Crippen molar-refractivity contribution in [3.05, 3.63) is 53.5 Å². The molecule has 2 N–H and O–H groups in total. The van der Waals surface area contributed by atoms with E-state index in [0.29, 0.717) is 17.0 Å². The molecule has 16 heavy (non-hydrogen) atoms. The van der Waals surface area contributed by atoms with E-state index in [0.717, 1.165) is 12.2 Å². The van der Waals surface area contributed by atoms with E-state index < -0.39 is 0 Å². The van der Waals surface area contributed by atoms with Gasteiger partial charge in [0.25, 0.3) is 0 Å². The zero-order valence-corrected chi connectivity index (χ0v) is 9.07. The summed E-state index contributed by atoms with van der Waals surface area (Å²) in [6.45, 7) is 1.98. The number of nitrogens with two attached hydrogens (primary N) is 1. The van der Waals surface area contributed by atoms with Crippen LogP contribution in [-0.4, -0.2) is 5.78 Å². The molecule has 0 saturated heterocycles. The number of rotatable bonds is 3. The first-order valence-electron chi connectivity index (χ1n) is 5.19. The van der Waals surface area contributed by atoms with Gasteiger partial charge in [0, 0.05) is 17.7 Å². The van der Waals surface area contributed by atoms with Gasteiger partial charge in [0.05, 0.1) is 0 Å². The molecule has 0 aliphatic carbocycles. The monoisotopic (exact) mass is 215 g/mol. The molecule has 1 aromatic heterocycles. The molecule has 1 heterocycles. The molecule has 0 spiro atoms. The normalized spacial score (nSPS) is 10.3. The number of carbonyl (C=O) groups excluding carboxylic acids is 1. The highest BCUT2D eigenvalue weighted by Crippen LogP contribution is 2.15. The summed E-state index contributed by atoms with van der Waals surface area (Å²) in [5, 5.41) is 0. The summed E-state index contributed by atoms with van der Waals surface area (Å²) in [5.41, 5.74) is 6.75. The van der Waals surface area contributed by atoms with E-state index in [4.69, 9.17) is 10.2 Å². The molecular formula is C13H13NO2. The molecule has 0 bridgehead atoms. The third-order valence-electron chi connectivity index (χ3n) is 2.38. The van der Waals surface area contributed by atoms with Crippen molar-refractivity contribution in [1.29, 1.82) is 0 Å². The van der Waals surface area contributed by atoms with Crippen LogP contribution >= 0.6 is 0 Å². The van der Waals surface area contributed by atoms with Crippen molar-refractivity contribution < 1.29 is 9.21 Å². The molecular weight excluding hydrogens is 202 g/mol. The fourth-order valence-electron chi connectivity index (χ4n) is 1.51. The van der Waals surface area contributed by atoms with Crippen LogP contribution in [-0.2, 0) is 6.42 Å². The van der Waals surface area contributed by atoms with E-state index in [9.17, 15) is 4.79 Å². The van der Waals surface area contributed by atoms with Crippen LogP contribution in [0.3, 0.4) is 0 Å². The zero-order chi connectivity index (χ0) is 11.5. The minimum Gasteiger partial charge on any atom is -0.458 e. The van der Waals surface area contributed by atoms with Crippen molar-refractivity contribution in [2.45, 2.75) is 13.3 Å². The van der Waals surface area contributed by atoms with Crippen molar-refractivity contribution in [2.75, 3.05) is 5.73 Å². The van der Waals surface area contributed by atoms with Crippen LogP contribution < -0.4 is 5.73 Å². The lowest BCUT2D eigenvalue weighted by atomic mass is 10.1. The van der Waals surface area contributed by atoms with Crippen molar-refractivity contribution in [3.63, 3.8) is 0 Å². The maximum Gasteiger partial charge on any atom is 0.228 e. The maximum atomic E-state index is 12.0. The minimum atomic E-state index is -0.132. The fraction of sp³-hybridized carbons (Fsp3) is 0.154. The molecule has 0 aliphatic rings. The summed E-state index contributed by atoms with van der Waals surface area (Å²) in [4.78, 5) is 12.0. The summed E-state index contributed by atoms with van der Waals surface area (Å²) < 4.78 is 5.40. The summed E-state index contributed by atoms with van der Waals surface area (Å²) in [5.74, 6) is 1.04. The Bertz CT molecular complexity index is 514. The number of furan rings is 1. The lowest BCUT2D eigenvalue weighted by molar-refractivity contribution is 0.101. The first kappa shape index (κ1) is 10.5. The smallest absolute Gasteiger partial charge is 0.228 e. The number of hydrogen-bond donors (Lipinski definition) is 1. The molecule has 0 radical (unpaired) electrons. The van der Waals surface area contributed by atoms with Gasteiger partial charge in [-0.2, -0.15) is 0 Å². The molecule has 2 rings (SSSR count). The molecule has 0 amide bonds. The Morgan fingerprint density at radius 1 is 1.31 bits per heavy atom. The molecule has 0 unspecified atom stereocenters. The van der Waals surface area contributed by atoms with Gasteiger partial charge in [-0.3, -0.25) is 4.79 Å². The van der Waals surface area contributed by atoms with E-state index >= 15 is 0 Å². The molecule has 0 atom stereocenters. The lowest BCUT2D eigenvalue weighted by Crippen LogP contribution is -2.00. The van der Waals surface area contributed by atoms with Gasteiger partial charge in [0.1, 0.15) is 5.76 Å². The molecule has 0 aliphatic heterocycles. The standard InChI is InChI=1S/C13H13NO2/c1-2-11-6-7-12(16-11)13(15)9-4-3-5-10(14)8-9/h3-8H,2,14H2,1H3. The number of aryl methyl sites for hydroxylation is 1. The van der Waals surface area contributed by atoms with Crippen molar-refractivity contribution in [2.24, 2.45) is 0 Å². The number of ketones is 1. The van der Waals surface area contributed by atoms with Gasteiger partial charge in [-0.05, 0) is 24.3 Å². The maximum absolute atomic E-state index is 12.0. The summed E-state index contributed by atoms with van der Waals surface area (Å²) in [7, 11) is 0. The summed E-state index contributed by atoms with van der Waals surface area (Å²) >= 11 is 0. The molecule has 3 heteroatoms. The largest absolute Gasteiger partial charge is 0.458 e. The van der Waals surface area contributed by atoms with Gasteiger partial charge in [-0.1, -0.05) is 19.1 Å². The van der Waals surface area contributed by atoms with Crippen LogP contribution in [0, 0.1) is 0 Å². The topological polar surface area (TPSA) is 56.2 Å². The Balaban J connectivity index is 2.31. The quantitative estimate of drug-likeness (QED) is 0.632. The predicted octanol–water partition coefficient (Wildman–Crippen LogP) is 2.66. The first-order valence-corrected chi connectivity index (χ1v) is 5.19. The van der Waals surface area contributed by atoms with Crippen LogP contribution in [0.15, 0.2) is 40.8 Å². The molecule has 0 saturated carbocycles. The average molecular weight is 215 g/mol. The molecule has 1 aromatic carbocycles. The summed E-state index contributed by atoms with van der Waals surface area (Å²) in [6, 6.07) is 10.4. The predicted molar refractivity (Wildman–Crippen MR) is 62.4 cm³/mol. The van der Waals surface area contributed by atoms with Crippen LogP contribution in [0.25, 0.3) is 0 Å². The molecule has 2 aromatic rings. The van der Waals surface area contributed by atoms with Crippen LogP contribution in [0.2, 0.25) is 0 Å². The van der Waals surface area contributed by atoms with E-state index in [1.54, 1.807) is 30.3 Å². The highest BCUT2D eigenvalue weighted by Gasteiger charge is 2.13. The fourth-order valence-corrected chi connectivity index (χ4v) is 1.51. The second-order valence-electron chi connectivity index (χ2n) is 3.57. The van der Waals surface area contributed by atoms with Crippen molar-refractivity contribution in [1.82, 2.24) is 0 Å². The Morgan fingerprint density at radius 2 is 2.12 bits per heavy atom. The van der Waals surface area contributed by atoms with E-state index in [1.807, 2.05) is 13.0 Å². The van der Waals surface area contributed by atoms with E-state index in [-0.39, 0.29) is 5.78 Å². The molecule has 3 nitrogen and oxygen atoms in total. The number of anilines is 1. The third kappa shape index (κ3) is 1.98. The Morgan fingerprint density at radius 3 is 2.75 bits per heavy atom. The number of carbonyl (C=O) groups is 1. The Labute approximate surface area is 93.9 Å². The summed E-state index contributed by atoms with van der Waals surface area (Å²) in [6.07, 6.45) is 0.782. The van der Waals surface area contributed by atoms with Gasteiger partial charge < -0.3 is 10.2 Å². The second-order valence-corrected chi connectivity index (χ2v) is 3.57. The first-order chi connectivity index (χ1) is 7.70. The zero-order valence-electron chi connectivity index (χ0n) is 9.07. The third-order valence-corrected chi connectivity index (χ3v) is 2.38.